The van der Waals surface area contributed by atoms with Crippen LogP contribution in [0.4, 0.5) is 4.39 Å². The van der Waals surface area contributed by atoms with Gasteiger partial charge in [0.15, 0.2) is 0 Å². The van der Waals surface area contributed by atoms with Gasteiger partial charge in [-0.25, -0.2) is 4.39 Å². The third-order valence-corrected chi connectivity index (χ3v) is 5.10. The molecule has 2 aromatic heterocycles. The van der Waals surface area contributed by atoms with Gasteiger partial charge in [0.2, 0.25) is 0 Å². The number of H-pyrrole nitrogens is 1. The Morgan fingerprint density at radius 2 is 2.15 bits per heavy atom. The highest BCUT2D eigenvalue weighted by atomic mass is 19.1. The molecule has 0 atom stereocenters. The van der Waals surface area contributed by atoms with E-state index in [4.69, 9.17) is 5.11 Å². The summed E-state index contributed by atoms with van der Waals surface area (Å²) >= 11 is 0. The van der Waals surface area contributed by atoms with Crippen molar-refractivity contribution in [3.63, 3.8) is 0 Å². The molecule has 1 saturated heterocycles. The molecule has 0 aliphatic carbocycles. The monoisotopic (exact) mass is 356 g/mol. The van der Waals surface area contributed by atoms with E-state index >= 15 is 0 Å². The molecule has 26 heavy (non-hydrogen) atoms. The number of fused-ring (bicyclic) bond motifs is 1. The van der Waals surface area contributed by atoms with Crippen LogP contribution in [0.25, 0.3) is 22.0 Å². The Morgan fingerprint density at radius 1 is 1.35 bits per heavy atom. The topological polar surface area (TPSA) is 74.2 Å². The number of aromatic nitrogens is 3. The first-order chi connectivity index (χ1) is 12.6. The fourth-order valence-corrected chi connectivity index (χ4v) is 3.72. The van der Waals surface area contributed by atoms with E-state index in [1.807, 2.05) is 28.2 Å². The van der Waals surface area contributed by atoms with Crippen LogP contribution in [0.2, 0.25) is 0 Å². The van der Waals surface area contributed by atoms with E-state index in [9.17, 15) is 9.18 Å². The molecular weight excluding hydrogens is 335 g/mol. The Hall–Kier alpha value is -2.67. The van der Waals surface area contributed by atoms with Crippen LogP contribution in [0, 0.1) is 11.7 Å². The number of carbonyl (C=O) groups is 1. The van der Waals surface area contributed by atoms with Crippen molar-refractivity contribution in [2.75, 3.05) is 19.6 Å². The van der Waals surface area contributed by atoms with Gasteiger partial charge in [-0.05, 0) is 50.0 Å². The predicted molar refractivity (Wildman–Crippen MR) is 96.3 cm³/mol. The number of nitrogens with zero attached hydrogens (tertiary/aromatic N) is 3. The van der Waals surface area contributed by atoms with Crippen LogP contribution >= 0.6 is 0 Å². The lowest BCUT2D eigenvalue weighted by Gasteiger charge is -2.30. The lowest BCUT2D eigenvalue weighted by atomic mass is 9.97. The van der Waals surface area contributed by atoms with Crippen molar-refractivity contribution in [1.82, 2.24) is 19.7 Å². The van der Waals surface area contributed by atoms with Crippen LogP contribution < -0.4 is 0 Å². The second-order valence-electron chi connectivity index (χ2n) is 6.96. The zero-order valence-corrected chi connectivity index (χ0v) is 14.4. The van der Waals surface area contributed by atoms with Crippen LogP contribution in [0.5, 0.6) is 0 Å². The molecule has 7 heteroatoms. The van der Waals surface area contributed by atoms with Gasteiger partial charge in [-0.3, -0.25) is 14.4 Å². The van der Waals surface area contributed by atoms with Crippen molar-refractivity contribution in [2.45, 2.75) is 19.4 Å². The standard InChI is InChI=1S/C19H21FN4O2/c20-15-1-2-16-17(9-21-18(16)7-15)14-8-22-24(11-14)10-13-3-5-23(6-4-13)12-19(25)26/h1-2,7-9,11,13,21H,3-6,10,12H2,(H,25,26). The molecule has 136 valence electrons. The summed E-state index contributed by atoms with van der Waals surface area (Å²) in [5.41, 5.74) is 2.80. The molecule has 0 saturated carbocycles. The molecule has 0 spiro atoms. The molecular formula is C19H21FN4O2. The minimum Gasteiger partial charge on any atom is -0.480 e. The van der Waals surface area contributed by atoms with Crippen molar-refractivity contribution >= 4 is 16.9 Å². The third kappa shape index (κ3) is 3.48. The van der Waals surface area contributed by atoms with Crippen LogP contribution in [0.15, 0.2) is 36.8 Å². The molecule has 3 aromatic rings. The second kappa shape index (κ2) is 6.92. The highest BCUT2D eigenvalue weighted by molar-refractivity contribution is 5.95. The maximum atomic E-state index is 13.3. The summed E-state index contributed by atoms with van der Waals surface area (Å²) in [7, 11) is 0. The third-order valence-electron chi connectivity index (χ3n) is 5.10. The molecule has 1 fully saturated rings. The van der Waals surface area contributed by atoms with E-state index < -0.39 is 5.97 Å². The fourth-order valence-electron chi connectivity index (χ4n) is 3.72. The summed E-state index contributed by atoms with van der Waals surface area (Å²) in [4.78, 5) is 15.9. The first kappa shape index (κ1) is 16.8. The minimum atomic E-state index is -0.765. The lowest BCUT2D eigenvalue weighted by Crippen LogP contribution is -2.38. The molecule has 1 aliphatic heterocycles. The lowest BCUT2D eigenvalue weighted by molar-refractivity contribution is -0.138. The number of carboxylic acid groups (broad SMARTS) is 1. The number of hydrogen-bond acceptors (Lipinski definition) is 3. The Balaban J connectivity index is 1.43. The summed E-state index contributed by atoms with van der Waals surface area (Å²) < 4.78 is 15.3. The number of halogens is 1. The molecule has 3 heterocycles. The number of aromatic amines is 1. The molecule has 6 nitrogen and oxygen atoms in total. The molecule has 1 aromatic carbocycles. The van der Waals surface area contributed by atoms with E-state index in [-0.39, 0.29) is 12.4 Å². The molecule has 2 N–H and O–H groups in total. The zero-order chi connectivity index (χ0) is 18.1. The summed E-state index contributed by atoms with van der Waals surface area (Å²) in [5.74, 6) is -0.514. The molecule has 0 radical (unpaired) electrons. The van der Waals surface area contributed by atoms with Gasteiger partial charge in [-0.1, -0.05) is 0 Å². The van der Waals surface area contributed by atoms with Gasteiger partial charge in [0.25, 0.3) is 0 Å². The largest absolute Gasteiger partial charge is 0.480 e. The van der Waals surface area contributed by atoms with Gasteiger partial charge in [0.1, 0.15) is 5.82 Å². The maximum Gasteiger partial charge on any atom is 0.317 e. The molecule has 4 rings (SSSR count). The Kier molecular flexibility index (Phi) is 4.46. The van der Waals surface area contributed by atoms with Gasteiger partial charge in [-0.2, -0.15) is 5.10 Å². The summed E-state index contributed by atoms with van der Waals surface area (Å²) in [6, 6.07) is 4.75. The number of nitrogens with one attached hydrogen (secondary N) is 1. The number of benzene rings is 1. The van der Waals surface area contributed by atoms with Gasteiger partial charge in [0.05, 0.1) is 12.7 Å². The number of rotatable bonds is 5. The molecule has 0 amide bonds. The molecule has 1 aliphatic rings. The fraction of sp³-hybridized carbons (Fsp3) is 0.368. The Bertz CT molecular complexity index is 925. The van der Waals surface area contributed by atoms with E-state index in [1.165, 1.54) is 12.1 Å². The first-order valence-electron chi connectivity index (χ1n) is 8.82. The van der Waals surface area contributed by atoms with Crippen molar-refractivity contribution in [3.05, 3.63) is 42.6 Å². The Morgan fingerprint density at radius 3 is 2.92 bits per heavy atom. The van der Waals surface area contributed by atoms with E-state index in [0.717, 1.165) is 54.5 Å². The van der Waals surface area contributed by atoms with Gasteiger partial charge in [-0.15, -0.1) is 0 Å². The average molecular weight is 356 g/mol. The quantitative estimate of drug-likeness (QED) is 0.737. The average Bonchev–Trinajstić information content (AvgIpc) is 3.22. The Labute approximate surface area is 150 Å². The zero-order valence-electron chi connectivity index (χ0n) is 14.4. The number of carboxylic acids is 1. The van der Waals surface area contributed by atoms with Crippen molar-refractivity contribution in [2.24, 2.45) is 5.92 Å². The summed E-state index contributed by atoms with van der Waals surface area (Å²) in [6.07, 6.45) is 7.71. The predicted octanol–water partition coefficient (Wildman–Crippen LogP) is 2.97. The van der Waals surface area contributed by atoms with Crippen molar-refractivity contribution < 1.29 is 14.3 Å². The number of piperidine rings is 1. The van der Waals surface area contributed by atoms with Crippen LogP contribution in [-0.2, 0) is 11.3 Å². The van der Waals surface area contributed by atoms with Crippen LogP contribution in [0.3, 0.4) is 0 Å². The minimum absolute atomic E-state index is 0.125. The molecule has 0 bridgehead atoms. The molecule has 0 unspecified atom stereocenters. The normalized spacial score (nSPS) is 16.3. The van der Waals surface area contributed by atoms with Gasteiger partial charge < -0.3 is 10.1 Å². The van der Waals surface area contributed by atoms with Gasteiger partial charge >= 0.3 is 5.97 Å². The summed E-state index contributed by atoms with van der Waals surface area (Å²) in [6.45, 7) is 2.59. The second-order valence-corrected chi connectivity index (χ2v) is 6.96. The number of likely N-dealkylation sites (tertiary alicyclic amines) is 1. The highest BCUT2D eigenvalue weighted by Gasteiger charge is 2.21. The van der Waals surface area contributed by atoms with E-state index in [1.54, 1.807) is 6.07 Å². The number of hydrogen-bond donors (Lipinski definition) is 2. The first-order valence-corrected chi connectivity index (χ1v) is 8.82. The van der Waals surface area contributed by atoms with Crippen LogP contribution in [0.1, 0.15) is 12.8 Å². The smallest absolute Gasteiger partial charge is 0.317 e. The number of aliphatic carboxylic acids is 1. The van der Waals surface area contributed by atoms with Crippen molar-refractivity contribution in [3.8, 4) is 11.1 Å². The van der Waals surface area contributed by atoms with Gasteiger partial charge in [0, 0.05) is 41.0 Å². The maximum absolute atomic E-state index is 13.3. The SMILES string of the molecule is O=C(O)CN1CCC(Cn2cc(-c3c[nH]c4cc(F)ccc34)cn2)CC1. The van der Waals surface area contributed by atoms with E-state index in [2.05, 4.69) is 10.1 Å². The van der Waals surface area contributed by atoms with E-state index in [0.29, 0.717) is 5.92 Å². The summed E-state index contributed by atoms with van der Waals surface area (Å²) in [5, 5.41) is 14.3. The highest BCUT2D eigenvalue weighted by Crippen LogP contribution is 2.29. The van der Waals surface area contributed by atoms with Crippen molar-refractivity contribution in [1.29, 1.82) is 0 Å². The van der Waals surface area contributed by atoms with Crippen LogP contribution in [-0.4, -0.2) is 50.4 Å².